The van der Waals surface area contributed by atoms with Crippen molar-refractivity contribution in [2.45, 2.75) is 33.2 Å². The molecule has 1 fully saturated rings. The first-order valence-corrected chi connectivity index (χ1v) is 6.75. The largest absolute Gasteiger partial charge is 0.311 e. The van der Waals surface area contributed by atoms with Crippen molar-refractivity contribution >= 4 is 0 Å². The Morgan fingerprint density at radius 2 is 1.94 bits per heavy atom. The molecular formula is C15H24N2. The first-order chi connectivity index (χ1) is 8.25. The SMILES string of the molecule is Cc1ccc(C)c(CNCCN2CCCC2)c1. The Bertz CT molecular complexity index is 354. The van der Waals surface area contributed by atoms with Crippen molar-refractivity contribution in [2.75, 3.05) is 26.2 Å². The molecule has 1 heterocycles. The fourth-order valence-corrected chi connectivity index (χ4v) is 2.46. The molecule has 0 aromatic heterocycles. The van der Waals surface area contributed by atoms with Crippen LogP contribution in [0.3, 0.4) is 0 Å². The molecule has 0 atom stereocenters. The minimum Gasteiger partial charge on any atom is -0.311 e. The normalized spacial score (nSPS) is 16.6. The third-order valence-corrected chi connectivity index (χ3v) is 3.62. The summed E-state index contributed by atoms with van der Waals surface area (Å²) in [5, 5.41) is 3.55. The third-order valence-electron chi connectivity index (χ3n) is 3.62. The summed E-state index contributed by atoms with van der Waals surface area (Å²) in [7, 11) is 0. The van der Waals surface area contributed by atoms with Gasteiger partial charge in [-0.05, 0) is 50.9 Å². The quantitative estimate of drug-likeness (QED) is 0.785. The zero-order valence-corrected chi connectivity index (χ0v) is 11.1. The number of aryl methyl sites for hydroxylation is 2. The van der Waals surface area contributed by atoms with Gasteiger partial charge < -0.3 is 10.2 Å². The maximum atomic E-state index is 3.55. The number of nitrogens with zero attached hydrogens (tertiary/aromatic N) is 1. The number of nitrogens with one attached hydrogen (secondary N) is 1. The molecule has 0 aliphatic carbocycles. The summed E-state index contributed by atoms with van der Waals surface area (Å²) in [4.78, 5) is 2.55. The van der Waals surface area contributed by atoms with Crippen LogP contribution in [0.25, 0.3) is 0 Å². The fraction of sp³-hybridized carbons (Fsp3) is 0.600. The lowest BCUT2D eigenvalue weighted by atomic mass is 10.1. The zero-order valence-electron chi connectivity index (χ0n) is 11.1. The van der Waals surface area contributed by atoms with Crippen molar-refractivity contribution in [3.05, 3.63) is 34.9 Å². The minimum atomic E-state index is 1.00. The maximum absolute atomic E-state index is 3.55. The van der Waals surface area contributed by atoms with E-state index in [9.17, 15) is 0 Å². The van der Waals surface area contributed by atoms with Crippen molar-refractivity contribution in [1.29, 1.82) is 0 Å². The minimum absolute atomic E-state index is 1.00. The maximum Gasteiger partial charge on any atom is 0.0208 e. The van der Waals surface area contributed by atoms with E-state index in [0.29, 0.717) is 0 Å². The molecule has 1 aromatic carbocycles. The van der Waals surface area contributed by atoms with Crippen LogP contribution in [0, 0.1) is 13.8 Å². The summed E-state index contributed by atoms with van der Waals surface area (Å²) in [6, 6.07) is 6.69. The van der Waals surface area contributed by atoms with Crippen LogP contribution >= 0.6 is 0 Å². The highest BCUT2D eigenvalue weighted by atomic mass is 15.1. The molecular weight excluding hydrogens is 208 g/mol. The number of benzene rings is 1. The average molecular weight is 232 g/mol. The van der Waals surface area contributed by atoms with Crippen LogP contribution in [0.4, 0.5) is 0 Å². The molecule has 94 valence electrons. The van der Waals surface area contributed by atoms with E-state index in [1.807, 2.05) is 0 Å². The van der Waals surface area contributed by atoms with Gasteiger partial charge in [0.25, 0.3) is 0 Å². The van der Waals surface area contributed by atoms with Gasteiger partial charge in [-0.2, -0.15) is 0 Å². The van der Waals surface area contributed by atoms with Gasteiger partial charge in [-0.15, -0.1) is 0 Å². The van der Waals surface area contributed by atoms with Crippen LogP contribution in [0.5, 0.6) is 0 Å². The number of hydrogen-bond donors (Lipinski definition) is 1. The van der Waals surface area contributed by atoms with Gasteiger partial charge in [-0.25, -0.2) is 0 Å². The molecule has 0 amide bonds. The first kappa shape index (κ1) is 12.6. The summed E-state index contributed by atoms with van der Waals surface area (Å²) in [6.07, 6.45) is 2.77. The Labute approximate surface area is 105 Å². The Hall–Kier alpha value is -0.860. The summed E-state index contributed by atoms with van der Waals surface area (Å²) < 4.78 is 0. The Balaban J connectivity index is 1.72. The molecule has 0 radical (unpaired) electrons. The summed E-state index contributed by atoms with van der Waals surface area (Å²) in [6.45, 7) is 10.2. The molecule has 1 aliphatic heterocycles. The van der Waals surface area contributed by atoms with E-state index in [4.69, 9.17) is 0 Å². The molecule has 1 saturated heterocycles. The van der Waals surface area contributed by atoms with Gasteiger partial charge in [0.1, 0.15) is 0 Å². The van der Waals surface area contributed by atoms with Crippen LogP contribution in [-0.4, -0.2) is 31.1 Å². The highest BCUT2D eigenvalue weighted by Gasteiger charge is 2.09. The topological polar surface area (TPSA) is 15.3 Å². The second-order valence-corrected chi connectivity index (χ2v) is 5.16. The zero-order chi connectivity index (χ0) is 12.1. The lowest BCUT2D eigenvalue weighted by Crippen LogP contribution is -2.29. The molecule has 1 aliphatic rings. The second-order valence-electron chi connectivity index (χ2n) is 5.16. The van der Waals surface area contributed by atoms with E-state index in [1.54, 1.807) is 0 Å². The standard InChI is InChI=1S/C15H24N2/c1-13-5-6-14(2)15(11-13)12-16-7-10-17-8-3-4-9-17/h5-6,11,16H,3-4,7-10,12H2,1-2H3. The molecule has 17 heavy (non-hydrogen) atoms. The molecule has 0 unspecified atom stereocenters. The van der Waals surface area contributed by atoms with Gasteiger partial charge in [0.05, 0.1) is 0 Å². The monoisotopic (exact) mass is 232 g/mol. The Kier molecular flexibility index (Phi) is 4.57. The lowest BCUT2D eigenvalue weighted by Gasteiger charge is -2.15. The van der Waals surface area contributed by atoms with Crippen molar-refractivity contribution in [2.24, 2.45) is 0 Å². The summed E-state index contributed by atoms with van der Waals surface area (Å²) >= 11 is 0. The van der Waals surface area contributed by atoms with Crippen molar-refractivity contribution in [3.8, 4) is 0 Å². The smallest absolute Gasteiger partial charge is 0.0208 e. The highest BCUT2D eigenvalue weighted by molar-refractivity contribution is 5.30. The molecule has 0 spiro atoms. The van der Waals surface area contributed by atoms with Crippen molar-refractivity contribution < 1.29 is 0 Å². The van der Waals surface area contributed by atoms with E-state index in [1.165, 1.54) is 49.2 Å². The van der Waals surface area contributed by atoms with Crippen LogP contribution < -0.4 is 5.32 Å². The summed E-state index contributed by atoms with van der Waals surface area (Å²) in [5.41, 5.74) is 4.18. The number of rotatable bonds is 5. The first-order valence-electron chi connectivity index (χ1n) is 6.75. The second kappa shape index (κ2) is 6.18. The predicted molar refractivity (Wildman–Crippen MR) is 73.3 cm³/mol. The summed E-state index contributed by atoms with van der Waals surface area (Å²) in [5.74, 6) is 0. The van der Waals surface area contributed by atoms with Crippen LogP contribution in [0.2, 0.25) is 0 Å². The molecule has 0 saturated carbocycles. The number of hydrogen-bond acceptors (Lipinski definition) is 2. The van der Waals surface area contributed by atoms with Gasteiger partial charge in [0, 0.05) is 19.6 Å². The Morgan fingerprint density at radius 3 is 2.71 bits per heavy atom. The van der Waals surface area contributed by atoms with Crippen LogP contribution in [-0.2, 0) is 6.54 Å². The van der Waals surface area contributed by atoms with E-state index in [0.717, 1.165) is 13.1 Å². The van der Waals surface area contributed by atoms with Crippen molar-refractivity contribution in [1.82, 2.24) is 10.2 Å². The van der Waals surface area contributed by atoms with Crippen LogP contribution in [0.15, 0.2) is 18.2 Å². The van der Waals surface area contributed by atoms with Gasteiger partial charge in [-0.1, -0.05) is 23.8 Å². The lowest BCUT2D eigenvalue weighted by molar-refractivity contribution is 0.335. The van der Waals surface area contributed by atoms with E-state index in [-0.39, 0.29) is 0 Å². The molecule has 2 heteroatoms. The van der Waals surface area contributed by atoms with Crippen molar-refractivity contribution in [3.63, 3.8) is 0 Å². The Morgan fingerprint density at radius 1 is 1.18 bits per heavy atom. The van der Waals surface area contributed by atoms with Gasteiger partial charge >= 0.3 is 0 Å². The molecule has 1 aromatic rings. The van der Waals surface area contributed by atoms with E-state index < -0.39 is 0 Å². The van der Waals surface area contributed by atoms with E-state index in [2.05, 4.69) is 42.3 Å². The van der Waals surface area contributed by atoms with Gasteiger partial charge in [-0.3, -0.25) is 0 Å². The number of likely N-dealkylation sites (tertiary alicyclic amines) is 1. The third kappa shape index (κ3) is 3.83. The molecule has 2 rings (SSSR count). The molecule has 1 N–H and O–H groups in total. The molecule has 0 bridgehead atoms. The van der Waals surface area contributed by atoms with Gasteiger partial charge in [0.2, 0.25) is 0 Å². The van der Waals surface area contributed by atoms with Crippen LogP contribution in [0.1, 0.15) is 29.5 Å². The predicted octanol–water partition coefficient (Wildman–Crippen LogP) is 2.49. The molecule has 2 nitrogen and oxygen atoms in total. The highest BCUT2D eigenvalue weighted by Crippen LogP contribution is 2.10. The van der Waals surface area contributed by atoms with E-state index >= 15 is 0 Å². The van der Waals surface area contributed by atoms with Gasteiger partial charge in [0.15, 0.2) is 0 Å². The fourth-order valence-electron chi connectivity index (χ4n) is 2.46. The average Bonchev–Trinajstić information content (AvgIpc) is 2.82.